The van der Waals surface area contributed by atoms with Gasteiger partial charge in [0.1, 0.15) is 11.6 Å². The van der Waals surface area contributed by atoms with Gasteiger partial charge in [0.2, 0.25) is 0 Å². The largest absolute Gasteiger partial charge is 0.465 e. The number of ether oxygens (including phenoxy) is 1. The van der Waals surface area contributed by atoms with E-state index in [0.717, 1.165) is 0 Å². The van der Waals surface area contributed by atoms with E-state index in [9.17, 15) is 14.4 Å². The maximum Gasteiger partial charge on any atom is 0.323 e. The fourth-order valence-corrected chi connectivity index (χ4v) is 2.91. The van der Waals surface area contributed by atoms with E-state index in [1.165, 1.54) is 0 Å². The van der Waals surface area contributed by atoms with Gasteiger partial charge >= 0.3 is 12.0 Å². The zero-order valence-electron chi connectivity index (χ0n) is 11.9. The number of nitrogens with one attached hydrogen (secondary N) is 2. The number of urea groups is 1. The second-order valence-corrected chi connectivity index (χ2v) is 5.20. The fourth-order valence-electron chi connectivity index (χ4n) is 2.91. The Morgan fingerprint density at radius 1 is 1.35 bits per heavy atom. The molecular weight excluding hydrogens is 262 g/mol. The molecule has 1 atom stereocenters. The number of piperidine rings is 1. The molecule has 0 aliphatic carbocycles. The maximum atomic E-state index is 11.9. The number of imide groups is 1. The molecule has 0 bridgehead atoms. The highest BCUT2D eigenvalue weighted by molar-refractivity contribution is 6.07. The SMILES string of the molecule is CCOC(=O)C(CC)N1CCC2(CC1)NC(=O)NC2=O. The molecule has 2 heterocycles. The van der Waals surface area contributed by atoms with E-state index in [1.54, 1.807) is 6.92 Å². The van der Waals surface area contributed by atoms with E-state index in [0.29, 0.717) is 39.0 Å². The van der Waals surface area contributed by atoms with E-state index < -0.39 is 11.6 Å². The van der Waals surface area contributed by atoms with Crippen molar-refractivity contribution in [3.8, 4) is 0 Å². The summed E-state index contributed by atoms with van der Waals surface area (Å²) in [6.07, 6.45) is 1.70. The van der Waals surface area contributed by atoms with Gasteiger partial charge in [0.05, 0.1) is 6.61 Å². The standard InChI is InChI=1S/C13H21N3O4/c1-3-9(10(17)20-4-2)16-7-5-13(6-8-16)11(18)14-12(19)15-13/h9H,3-8H2,1-2H3,(H2,14,15,18,19). The number of amides is 3. The van der Waals surface area contributed by atoms with E-state index in [4.69, 9.17) is 4.74 Å². The van der Waals surface area contributed by atoms with E-state index in [1.807, 2.05) is 11.8 Å². The summed E-state index contributed by atoms with van der Waals surface area (Å²) in [5.74, 6) is -0.475. The van der Waals surface area contributed by atoms with Crippen LogP contribution < -0.4 is 10.6 Å². The summed E-state index contributed by atoms with van der Waals surface area (Å²) < 4.78 is 5.07. The molecule has 7 nitrogen and oxygen atoms in total. The van der Waals surface area contributed by atoms with Crippen molar-refractivity contribution in [2.24, 2.45) is 0 Å². The number of carbonyl (C=O) groups is 3. The predicted octanol–water partition coefficient (Wildman–Crippen LogP) is 0.00210. The van der Waals surface area contributed by atoms with Crippen molar-refractivity contribution in [1.82, 2.24) is 15.5 Å². The highest BCUT2D eigenvalue weighted by Gasteiger charge is 2.48. The second kappa shape index (κ2) is 5.78. The first-order valence-electron chi connectivity index (χ1n) is 7.06. The third kappa shape index (κ3) is 2.63. The van der Waals surface area contributed by atoms with Gasteiger partial charge in [-0.15, -0.1) is 0 Å². The molecule has 2 saturated heterocycles. The molecule has 7 heteroatoms. The monoisotopic (exact) mass is 283 g/mol. The van der Waals surface area contributed by atoms with Gasteiger partial charge < -0.3 is 10.1 Å². The molecule has 0 aromatic heterocycles. The first kappa shape index (κ1) is 14.8. The van der Waals surface area contributed by atoms with E-state index >= 15 is 0 Å². The van der Waals surface area contributed by atoms with Gasteiger partial charge in [-0.3, -0.25) is 19.8 Å². The summed E-state index contributed by atoms with van der Waals surface area (Å²) >= 11 is 0. The summed E-state index contributed by atoms with van der Waals surface area (Å²) in [5, 5.41) is 4.99. The summed E-state index contributed by atoms with van der Waals surface area (Å²) in [5.41, 5.74) is -0.791. The second-order valence-electron chi connectivity index (χ2n) is 5.20. The molecule has 1 spiro atoms. The molecule has 2 N–H and O–H groups in total. The molecule has 2 fully saturated rings. The quantitative estimate of drug-likeness (QED) is 0.560. The lowest BCUT2D eigenvalue weighted by Gasteiger charge is -2.39. The Kier molecular flexibility index (Phi) is 4.27. The van der Waals surface area contributed by atoms with Crippen molar-refractivity contribution in [3.63, 3.8) is 0 Å². The van der Waals surface area contributed by atoms with Gasteiger partial charge in [-0.25, -0.2) is 4.79 Å². The Hall–Kier alpha value is -1.63. The third-order valence-corrected chi connectivity index (χ3v) is 4.05. The van der Waals surface area contributed by atoms with Crippen LogP contribution in [0.5, 0.6) is 0 Å². The van der Waals surface area contributed by atoms with Gasteiger partial charge in [-0.2, -0.15) is 0 Å². The maximum absolute atomic E-state index is 11.9. The number of nitrogens with zero attached hydrogens (tertiary/aromatic N) is 1. The van der Waals surface area contributed by atoms with Crippen LogP contribution in [0.25, 0.3) is 0 Å². The van der Waals surface area contributed by atoms with Crippen LogP contribution in [0.15, 0.2) is 0 Å². The molecule has 2 aliphatic rings. The van der Waals surface area contributed by atoms with Crippen LogP contribution in [0, 0.1) is 0 Å². The molecule has 2 aliphatic heterocycles. The minimum Gasteiger partial charge on any atom is -0.465 e. The molecule has 1 unspecified atom stereocenters. The average Bonchev–Trinajstić information content (AvgIpc) is 2.68. The number of likely N-dealkylation sites (tertiary alicyclic amines) is 1. The normalized spacial score (nSPS) is 23.3. The van der Waals surface area contributed by atoms with Crippen LogP contribution >= 0.6 is 0 Å². The Morgan fingerprint density at radius 2 is 2.00 bits per heavy atom. The van der Waals surface area contributed by atoms with Gasteiger partial charge in [0, 0.05) is 13.1 Å². The van der Waals surface area contributed by atoms with Gasteiger partial charge in [0.25, 0.3) is 5.91 Å². The third-order valence-electron chi connectivity index (χ3n) is 4.05. The minimum atomic E-state index is -0.791. The Balaban J connectivity index is 1.98. The van der Waals surface area contributed by atoms with Crippen molar-refractivity contribution in [3.05, 3.63) is 0 Å². The summed E-state index contributed by atoms with van der Waals surface area (Å²) in [4.78, 5) is 37.0. The van der Waals surface area contributed by atoms with Crippen molar-refractivity contribution in [2.45, 2.75) is 44.7 Å². The number of esters is 1. The molecule has 20 heavy (non-hydrogen) atoms. The average molecular weight is 283 g/mol. The first-order valence-corrected chi connectivity index (χ1v) is 7.06. The van der Waals surface area contributed by atoms with Crippen LogP contribution in [-0.2, 0) is 14.3 Å². The molecule has 0 radical (unpaired) electrons. The summed E-state index contributed by atoms with van der Waals surface area (Å²) in [6.45, 7) is 5.27. The topological polar surface area (TPSA) is 87.7 Å². The van der Waals surface area contributed by atoms with Crippen molar-refractivity contribution < 1.29 is 19.1 Å². The number of hydrogen-bond donors (Lipinski definition) is 2. The Labute approximate surface area is 118 Å². The van der Waals surface area contributed by atoms with Crippen molar-refractivity contribution >= 4 is 17.9 Å². The predicted molar refractivity (Wildman–Crippen MR) is 70.9 cm³/mol. The summed E-state index contributed by atoms with van der Waals surface area (Å²) in [7, 11) is 0. The molecular formula is C13H21N3O4. The highest BCUT2D eigenvalue weighted by Crippen LogP contribution is 2.27. The molecule has 0 aromatic carbocycles. The van der Waals surface area contributed by atoms with Crippen molar-refractivity contribution in [1.29, 1.82) is 0 Å². The smallest absolute Gasteiger partial charge is 0.323 e. The zero-order chi connectivity index (χ0) is 14.8. The zero-order valence-corrected chi connectivity index (χ0v) is 11.9. The highest BCUT2D eigenvalue weighted by atomic mass is 16.5. The Bertz CT molecular complexity index is 416. The number of carbonyl (C=O) groups excluding carboxylic acids is 3. The molecule has 3 amide bonds. The molecule has 0 saturated carbocycles. The fraction of sp³-hybridized carbons (Fsp3) is 0.769. The lowest BCUT2D eigenvalue weighted by atomic mass is 9.87. The van der Waals surface area contributed by atoms with Crippen LogP contribution in [0.2, 0.25) is 0 Å². The summed E-state index contributed by atoms with van der Waals surface area (Å²) in [6, 6.07) is -0.701. The lowest BCUT2D eigenvalue weighted by molar-refractivity contribution is -0.150. The molecule has 0 aromatic rings. The Morgan fingerprint density at radius 3 is 2.45 bits per heavy atom. The lowest BCUT2D eigenvalue weighted by Crippen LogP contribution is -2.57. The van der Waals surface area contributed by atoms with Crippen LogP contribution in [-0.4, -0.2) is 54.1 Å². The van der Waals surface area contributed by atoms with Crippen molar-refractivity contribution in [2.75, 3.05) is 19.7 Å². The number of rotatable bonds is 4. The van der Waals surface area contributed by atoms with E-state index in [-0.39, 0.29) is 17.9 Å². The van der Waals surface area contributed by atoms with Gasteiger partial charge in [-0.05, 0) is 26.2 Å². The van der Waals surface area contributed by atoms with E-state index in [2.05, 4.69) is 10.6 Å². The van der Waals surface area contributed by atoms with Gasteiger partial charge in [-0.1, -0.05) is 6.92 Å². The first-order chi connectivity index (χ1) is 9.52. The molecule has 2 rings (SSSR count). The van der Waals surface area contributed by atoms with Gasteiger partial charge in [0.15, 0.2) is 0 Å². The van der Waals surface area contributed by atoms with Crippen LogP contribution in [0.3, 0.4) is 0 Å². The minimum absolute atomic E-state index is 0.217. The molecule has 112 valence electrons. The number of hydrogen-bond acceptors (Lipinski definition) is 5. The van der Waals surface area contributed by atoms with Crippen LogP contribution in [0.4, 0.5) is 4.79 Å². The van der Waals surface area contributed by atoms with Crippen LogP contribution in [0.1, 0.15) is 33.1 Å².